The highest BCUT2D eigenvalue weighted by Gasteiger charge is 2.39. The Morgan fingerprint density at radius 1 is 1.40 bits per heavy atom. The second kappa shape index (κ2) is 5.92. The van der Waals surface area contributed by atoms with Crippen molar-refractivity contribution in [2.75, 3.05) is 13.1 Å². The highest BCUT2D eigenvalue weighted by Crippen LogP contribution is 2.29. The first-order valence-electron chi connectivity index (χ1n) is 7.23. The van der Waals surface area contributed by atoms with Gasteiger partial charge in [0, 0.05) is 13.1 Å². The summed E-state index contributed by atoms with van der Waals surface area (Å²) in [7, 11) is 0. The van der Waals surface area contributed by atoms with E-state index in [0.29, 0.717) is 17.7 Å². The summed E-state index contributed by atoms with van der Waals surface area (Å²) in [5.41, 5.74) is 1.93. The van der Waals surface area contributed by atoms with Crippen LogP contribution in [0.15, 0.2) is 12.1 Å². The fraction of sp³-hybridized carbons (Fsp3) is 0.562. The SMILES string of the molecule is CCC1(C(=O)NCc2cc(C)c(F)c(C)c2)CCNC1. The van der Waals surface area contributed by atoms with Gasteiger partial charge in [-0.05, 0) is 49.9 Å². The zero-order valence-corrected chi connectivity index (χ0v) is 12.5. The molecule has 2 rings (SSSR count). The first-order valence-corrected chi connectivity index (χ1v) is 7.23. The summed E-state index contributed by atoms with van der Waals surface area (Å²) in [4.78, 5) is 12.4. The van der Waals surface area contributed by atoms with Crippen LogP contribution in [0.3, 0.4) is 0 Å². The van der Waals surface area contributed by atoms with Crippen LogP contribution in [-0.2, 0) is 11.3 Å². The smallest absolute Gasteiger partial charge is 0.227 e. The van der Waals surface area contributed by atoms with Gasteiger partial charge in [0.05, 0.1) is 5.41 Å². The summed E-state index contributed by atoms with van der Waals surface area (Å²) in [5.74, 6) is -0.0604. The summed E-state index contributed by atoms with van der Waals surface area (Å²) in [5, 5.41) is 6.26. The number of carbonyl (C=O) groups excluding carboxylic acids is 1. The lowest BCUT2D eigenvalue weighted by Gasteiger charge is -2.25. The molecule has 0 saturated carbocycles. The van der Waals surface area contributed by atoms with Gasteiger partial charge in [-0.1, -0.05) is 19.1 Å². The minimum atomic E-state index is -0.274. The van der Waals surface area contributed by atoms with Gasteiger partial charge in [0.2, 0.25) is 5.91 Å². The largest absolute Gasteiger partial charge is 0.352 e. The summed E-state index contributed by atoms with van der Waals surface area (Å²) >= 11 is 0. The molecule has 1 aromatic carbocycles. The predicted molar refractivity (Wildman–Crippen MR) is 77.9 cm³/mol. The molecule has 4 heteroatoms. The Balaban J connectivity index is 2.03. The fourth-order valence-corrected chi connectivity index (χ4v) is 2.91. The summed E-state index contributed by atoms with van der Waals surface area (Å²) in [6.07, 6.45) is 1.73. The first-order chi connectivity index (χ1) is 9.48. The fourth-order valence-electron chi connectivity index (χ4n) is 2.91. The summed E-state index contributed by atoms with van der Waals surface area (Å²) in [6, 6.07) is 3.60. The number of benzene rings is 1. The average molecular weight is 278 g/mol. The molecule has 1 unspecified atom stereocenters. The van der Waals surface area contributed by atoms with Gasteiger partial charge in [0.15, 0.2) is 0 Å². The Morgan fingerprint density at radius 2 is 2.05 bits per heavy atom. The van der Waals surface area contributed by atoms with Crippen LogP contribution in [0, 0.1) is 25.1 Å². The molecule has 3 nitrogen and oxygen atoms in total. The molecule has 1 heterocycles. The van der Waals surface area contributed by atoms with Crippen molar-refractivity contribution < 1.29 is 9.18 Å². The van der Waals surface area contributed by atoms with E-state index in [0.717, 1.165) is 31.5 Å². The monoisotopic (exact) mass is 278 g/mol. The van der Waals surface area contributed by atoms with Crippen LogP contribution in [0.2, 0.25) is 0 Å². The second-order valence-electron chi connectivity index (χ2n) is 5.79. The minimum Gasteiger partial charge on any atom is -0.352 e. The summed E-state index contributed by atoms with van der Waals surface area (Å²) in [6.45, 7) is 7.66. The number of halogens is 1. The molecule has 0 bridgehead atoms. The van der Waals surface area contributed by atoms with Crippen LogP contribution in [0.4, 0.5) is 4.39 Å². The zero-order valence-electron chi connectivity index (χ0n) is 12.5. The van der Waals surface area contributed by atoms with E-state index in [1.807, 2.05) is 0 Å². The molecule has 1 atom stereocenters. The maximum atomic E-state index is 13.6. The molecular weight excluding hydrogens is 255 g/mol. The highest BCUT2D eigenvalue weighted by molar-refractivity contribution is 5.83. The van der Waals surface area contributed by atoms with Crippen molar-refractivity contribution in [2.45, 2.75) is 40.2 Å². The Bertz CT molecular complexity index is 484. The van der Waals surface area contributed by atoms with E-state index in [1.165, 1.54) is 0 Å². The van der Waals surface area contributed by atoms with E-state index in [9.17, 15) is 9.18 Å². The zero-order chi connectivity index (χ0) is 14.8. The van der Waals surface area contributed by atoms with Crippen LogP contribution in [0.25, 0.3) is 0 Å². The molecule has 0 aliphatic carbocycles. The van der Waals surface area contributed by atoms with Gasteiger partial charge in [-0.2, -0.15) is 0 Å². The van der Waals surface area contributed by atoms with E-state index < -0.39 is 0 Å². The lowest BCUT2D eigenvalue weighted by Crippen LogP contribution is -2.41. The number of hydrogen-bond acceptors (Lipinski definition) is 2. The van der Waals surface area contributed by atoms with Crippen LogP contribution >= 0.6 is 0 Å². The predicted octanol–water partition coefficient (Wildman–Crippen LogP) is 2.45. The van der Waals surface area contributed by atoms with Crippen LogP contribution in [-0.4, -0.2) is 19.0 Å². The molecule has 1 aromatic rings. The number of carbonyl (C=O) groups is 1. The van der Waals surface area contributed by atoms with Gasteiger partial charge in [-0.15, -0.1) is 0 Å². The Hall–Kier alpha value is -1.42. The molecule has 2 N–H and O–H groups in total. The van der Waals surface area contributed by atoms with Gasteiger partial charge < -0.3 is 10.6 Å². The Kier molecular flexibility index (Phi) is 4.43. The van der Waals surface area contributed by atoms with E-state index in [4.69, 9.17) is 0 Å². The molecule has 0 radical (unpaired) electrons. The Labute approximate surface area is 120 Å². The van der Waals surface area contributed by atoms with Crippen LogP contribution < -0.4 is 10.6 Å². The van der Waals surface area contributed by atoms with Crippen molar-refractivity contribution in [1.29, 1.82) is 0 Å². The maximum Gasteiger partial charge on any atom is 0.227 e. The van der Waals surface area contributed by atoms with E-state index >= 15 is 0 Å². The third kappa shape index (κ3) is 2.85. The molecule has 0 spiro atoms. The van der Waals surface area contributed by atoms with E-state index in [1.54, 1.807) is 26.0 Å². The minimum absolute atomic E-state index is 0.102. The second-order valence-corrected chi connectivity index (χ2v) is 5.79. The first kappa shape index (κ1) is 15.0. The van der Waals surface area contributed by atoms with Gasteiger partial charge in [-0.25, -0.2) is 4.39 Å². The third-order valence-electron chi connectivity index (χ3n) is 4.35. The third-order valence-corrected chi connectivity index (χ3v) is 4.35. The number of amides is 1. The molecule has 1 fully saturated rings. The molecular formula is C16H23FN2O. The molecule has 1 aliphatic heterocycles. The van der Waals surface area contributed by atoms with Crippen molar-refractivity contribution >= 4 is 5.91 Å². The molecule has 20 heavy (non-hydrogen) atoms. The van der Waals surface area contributed by atoms with Crippen LogP contribution in [0.1, 0.15) is 36.5 Å². The van der Waals surface area contributed by atoms with Crippen molar-refractivity contribution in [1.82, 2.24) is 10.6 Å². The number of nitrogens with one attached hydrogen (secondary N) is 2. The molecule has 0 aromatic heterocycles. The lowest BCUT2D eigenvalue weighted by atomic mass is 9.83. The number of aryl methyl sites for hydroxylation is 2. The van der Waals surface area contributed by atoms with E-state index in [-0.39, 0.29) is 17.1 Å². The summed E-state index contributed by atoms with van der Waals surface area (Å²) < 4.78 is 13.6. The van der Waals surface area contributed by atoms with Crippen molar-refractivity contribution in [3.05, 3.63) is 34.6 Å². The van der Waals surface area contributed by atoms with Gasteiger partial charge >= 0.3 is 0 Å². The molecule has 110 valence electrons. The standard InChI is InChI=1S/C16H23FN2O/c1-4-16(5-6-18-10-16)15(20)19-9-13-7-11(2)14(17)12(3)8-13/h7-8,18H,4-6,9-10H2,1-3H3,(H,19,20). The lowest BCUT2D eigenvalue weighted by molar-refractivity contribution is -0.130. The van der Waals surface area contributed by atoms with Crippen molar-refractivity contribution in [2.24, 2.45) is 5.41 Å². The highest BCUT2D eigenvalue weighted by atomic mass is 19.1. The topological polar surface area (TPSA) is 41.1 Å². The van der Waals surface area contributed by atoms with Gasteiger partial charge in [0.1, 0.15) is 5.82 Å². The average Bonchev–Trinajstić information content (AvgIpc) is 2.92. The van der Waals surface area contributed by atoms with Crippen molar-refractivity contribution in [3.8, 4) is 0 Å². The number of hydrogen-bond donors (Lipinski definition) is 2. The van der Waals surface area contributed by atoms with E-state index in [2.05, 4.69) is 17.6 Å². The molecule has 1 saturated heterocycles. The maximum absolute atomic E-state index is 13.6. The normalized spacial score (nSPS) is 22.0. The van der Waals surface area contributed by atoms with Gasteiger partial charge in [0.25, 0.3) is 0 Å². The van der Waals surface area contributed by atoms with Crippen molar-refractivity contribution in [3.63, 3.8) is 0 Å². The Morgan fingerprint density at radius 3 is 2.55 bits per heavy atom. The molecule has 1 amide bonds. The molecule has 1 aliphatic rings. The quantitative estimate of drug-likeness (QED) is 0.888. The number of rotatable bonds is 4. The van der Waals surface area contributed by atoms with Crippen LogP contribution in [0.5, 0.6) is 0 Å². The van der Waals surface area contributed by atoms with Gasteiger partial charge in [-0.3, -0.25) is 4.79 Å².